The van der Waals surface area contributed by atoms with E-state index in [0.717, 1.165) is 10.8 Å². The molecule has 2 N–H and O–H groups in total. The van der Waals surface area contributed by atoms with Gasteiger partial charge in [0.05, 0.1) is 16.7 Å². The second-order valence-corrected chi connectivity index (χ2v) is 7.09. The first-order valence-corrected chi connectivity index (χ1v) is 9.34. The lowest BCUT2D eigenvalue weighted by Gasteiger charge is -2.11. The number of carbonyl (C=O) groups is 1. The van der Waals surface area contributed by atoms with Gasteiger partial charge in [-0.25, -0.2) is 0 Å². The summed E-state index contributed by atoms with van der Waals surface area (Å²) in [5.74, 6) is -0.777. The fraction of sp³-hybridized carbons (Fsp3) is 0.0952. The highest BCUT2D eigenvalue weighted by Crippen LogP contribution is 2.36. The first-order valence-electron chi connectivity index (χ1n) is 8.96. The minimum absolute atomic E-state index is 0.0257. The molecule has 0 spiro atoms. The second kappa shape index (κ2) is 8.99. The van der Waals surface area contributed by atoms with Crippen LogP contribution in [-0.4, -0.2) is 11.0 Å². The molecule has 0 aliphatic heterocycles. The summed E-state index contributed by atoms with van der Waals surface area (Å²) in [6.45, 7) is 0. The van der Waals surface area contributed by atoms with Crippen molar-refractivity contribution < 1.29 is 35.8 Å². The number of aromatic amines is 1. The Morgan fingerprint density at radius 3 is 2.24 bits per heavy atom. The maximum Gasteiger partial charge on any atom is 0.416 e. The van der Waals surface area contributed by atoms with E-state index in [0.29, 0.717) is 22.7 Å². The number of aromatic nitrogens is 2. The van der Waals surface area contributed by atoms with Crippen molar-refractivity contribution >= 4 is 23.6 Å². The van der Waals surface area contributed by atoms with Gasteiger partial charge in [-0.15, -0.1) is 0 Å². The second-order valence-electron chi connectivity index (χ2n) is 6.65. The van der Waals surface area contributed by atoms with E-state index in [1.165, 1.54) is 24.5 Å². The number of benzene rings is 2. The number of hydrogen-bond acceptors (Lipinski definition) is 2. The van der Waals surface area contributed by atoms with Gasteiger partial charge in [-0.05, 0) is 24.3 Å². The molecule has 0 atom stereocenters. The number of alkyl halides is 6. The van der Waals surface area contributed by atoms with Gasteiger partial charge in [0.15, 0.2) is 6.19 Å². The van der Waals surface area contributed by atoms with Crippen molar-refractivity contribution in [1.82, 2.24) is 10.4 Å². The average Bonchev–Trinajstić information content (AvgIpc) is 3.15. The molecular weight excluding hydrogens is 474 g/mol. The Morgan fingerprint density at radius 2 is 1.70 bits per heavy atom. The molecule has 0 unspecified atom stereocenters. The topological polar surface area (TPSA) is 72.6 Å². The highest BCUT2D eigenvalue weighted by molar-refractivity contribution is 6.30. The molecule has 0 saturated carbocycles. The van der Waals surface area contributed by atoms with Crippen LogP contribution in [0, 0.1) is 11.5 Å². The summed E-state index contributed by atoms with van der Waals surface area (Å²) in [5, 5.41) is 13.4. The third kappa shape index (κ3) is 5.72. The van der Waals surface area contributed by atoms with Crippen LogP contribution in [0.15, 0.2) is 54.7 Å². The molecule has 170 valence electrons. The van der Waals surface area contributed by atoms with Gasteiger partial charge in [-0.2, -0.15) is 36.7 Å². The number of nitriles is 1. The molecule has 0 saturated heterocycles. The summed E-state index contributed by atoms with van der Waals surface area (Å²) >= 11 is 5.99. The highest BCUT2D eigenvalue weighted by Gasteiger charge is 2.38. The van der Waals surface area contributed by atoms with Crippen LogP contribution in [0.25, 0.3) is 23.0 Å². The minimum Gasteiger partial charge on any atom is -0.269 e. The molecule has 0 fully saturated rings. The van der Waals surface area contributed by atoms with E-state index in [1.54, 1.807) is 18.2 Å². The van der Waals surface area contributed by atoms with E-state index in [4.69, 9.17) is 16.9 Å². The molecule has 0 bridgehead atoms. The Labute approximate surface area is 187 Å². The molecule has 1 aromatic heterocycles. The number of amides is 1. The number of halogens is 7. The van der Waals surface area contributed by atoms with Gasteiger partial charge >= 0.3 is 12.4 Å². The summed E-state index contributed by atoms with van der Waals surface area (Å²) in [6, 6.07) is 7.41. The van der Waals surface area contributed by atoms with Crippen LogP contribution in [-0.2, 0) is 17.1 Å². The lowest BCUT2D eigenvalue weighted by atomic mass is 10.1. The van der Waals surface area contributed by atoms with Crippen molar-refractivity contribution in [3.63, 3.8) is 0 Å². The summed E-state index contributed by atoms with van der Waals surface area (Å²) in [6.07, 6.45) is -5.16. The van der Waals surface area contributed by atoms with Crippen LogP contribution in [0.4, 0.5) is 26.3 Å². The number of hydrogen-bond donors (Lipinski definition) is 2. The van der Waals surface area contributed by atoms with Crippen molar-refractivity contribution in [2.75, 3.05) is 0 Å². The van der Waals surface area contributed by atoms with E-state index >= 15 is 0 Å². The molecule has 2 aromatic carbocycles. The van der Waals surface area contributed by atoms with Crippen LogP contribution < -0.4 is 10.00 Å². The zero-order valence-electron chi connectivity index (χ0n) is 16.2. The van der Waals surface area contributed by atoms with E-state index in [-0.39, 0.29) is 17.3 Å². The van der Waals surface area contributed by atoms with Crippen molar-refractivity contribution in [2.24, 2.45) is 0 Å². The molecule has 33 heavy (non-hydrogen) atoms. The highest BCUT2D eigenvalue weighted by atomic mass is 35.5. The van der Waals surface area contributed by atoms with E-state index in [1.807, 2.05) is 5.32 Å². The molecule has 3 aromatic rings. The molecule has 0 aliphatic carbocycles. The number of rotatable bonds is 4. The molecular formula is C21H12ClF6N4O+. The quantitative estimate of drug-likeness (QED) is 0.174. The Bertz CT molecular complexity index is 1240. The van der Waals surface area contributed by atoms with Crippen molar-refractivity contribution in [1.29, 1.82) is 5.26 Å². The van der Waals surface area contributed by atoms with Gasteiger partial charge in [-0.3, -0.25) is 10.1 Å². The van der Waals surface area contributed by atoms with Crippen LogP contribution in [0.1, 0.15) is 16.7 Å². The number of nitrogens with one attached hydrogen (secondary N) is 2. The Morgan fingerprint density at radius 1 is 1.06 bits per heavy atom. The van der Waals surface area contributed by atoms with Gasteiger partial charge in [0.25, 0.3) is 5.91 Å². The SMILES string of the molecule is N#CNC(=O)C=Cc1c[n+](-c2cc(C(F)(F)F)cc(C(F)(F)F)c2)[nH]c1-c1cccc(Cl)c1. The van der Waals surface area contributed by atoms with Crippen LogP contribution in [0.3, 0.4) is 0 Å². The Kier molecular flexibility index (Phi) is 6.51. The van der Waals surface area contributed by atoms with Gasteiger partial charge in [0.2, 0.25) is 11.9 Å². The Hall–Kier alpha value is -3.78. The molecule has 0 aliphatic rings. The molecule has 1 heterocycles. The molecule has 0 radical (unpaired) electrons. The Balaban J connectivity index is 2.21. The lowest BCUT2D eigenvalue weighted by molar-refractivity contribution is -0.654. The van der Waals surface area contributed by atoms with E-state index in [2.05, 4.69) is 5.10 Å². The third-order valence-electron chi connectivity index (χ3n) is 4.35. The molecule has 3 rings (SSSR count). The minimum atomic E-state index is -5.02. The molecule has 1 amide bonds. The van der Waals surface area contributed by atoms with E-state index in [9.17, 15) is 31.1 Å². The predicted molar refractivity (Wildman–Crippen MR) is 106 cm³/mol. The number of H-pyrrole nitrogens is 1. The standard InChI is InChI=1S/C21H11ClF6N4O/c22-16-3-1-2-12(6-16)19-13(4-5-18(33)30-11-29)10-32(31-19)17-8-14(20(23,24)25)7-15(9-17)21(26,27)28/h1-10H,(H,30,33)/p+1. The van der Waals surface area contributed by atoms with Crippen molar-refractivity contribution in [2.45, 2.75) is 12.4 Å². The molecule has 12 heteroatoms. The summed E-state index contributed by atoms with van der Waals surface area (Å²) < 4.78 is 80.4. The smallest absolute Gasteiger partial charge is 0.269 e. The normalized spacial score (nSPS) is 12.1. The van der Waals surface area contributed by atoms with Crippen molar-refractivity contribution in [3.8, 4) is 23.1 Å². The monoisotopic (exact) mass is 485 g/mol. The number of nitrogens with zero attached hydrogens (tertiary/aromatic N) is 2. The van der Waals surface area contributed by atoms with Crippen molar-refractivity contribution in [3.05, 3.63) is 76.5 Å². The largest absolute Gasteiger partial charge is 0.416 e. The fourth-order valence-corrected chi connectivity index (χ4v) is 3.09. The first-order chi connectivity index (χ1) is 15.4. The van der Waals surface area contributed by atoms with E-state index < -0.39 is 35.1 Å². The fourth-order valence-electron chi connectivity index (χ4n) is 2.90. The average molecular weight is 486 g/mol. The third-order valence-corrected chi connectivity index (χ3v) is 4.58. The zero-order valence-corrected chi connectivity index (χ0v) is 17.0. The van der Waals surface area contributed by atoms with Crippen LogP contribution >= 0.6 is 11.6 Å². The summed E-state index contributed by atoms with van der Waals surface area (Å²) in [5.41, 5.74) is -2.47. The first kappa shape index (κ1) is 23.9. The van der Waals surface area contributed by atoms with Gasteiger partial charge in [-0.1, -0.05) is 28.4 Å². The van der Waals surface area contributed by atoms with Crippen LogP contribution in [0.2, 0.25) is 5.02 Å². The summed E-state index contributed by atoms with van der Waals surface area (Å²) in [7, 11) is 0. The van der Waals surface area contributed by atoms with Gasteiger partial charge < -0.3 is 0 Å². The lowest BCUT2D eigenvalue weighted by Crippen LogP contribution is -2.33. The maximum absolute atomic E-state index is 13.2. The molecule has 5 nitrogen and oxygen atoms in total. The zero-order chi connectivity index (χ0) is 24.4. The van der Waals surface area contributed by atoms with Gasteiger partial charge in [0, 0.05) is 28.8 Å². The van der Waals surface area contributed by atoms with Gasteiger partial charge in [0.1, 0.15) is 5.69 Å². The predicted octanol–water partition coefficient (Wildman–Crippen LogP) is 5.26. The number of carbonyl (C=O) groups excluding carboxylic acids is 1. The summed E-state index contributed by atoms with van der Waals surface area (Å²) in [4.78, 5) is 11.6. The maximum atomic E-state index is 13.2. The van der Waals surface area contributed by atoms with Crippen LogP contribution in [0.5, 0.6) is 0 Å².